The first kappa shape index (κ1) is 30.7. The van der Waals surface area contributed by atoms with Crippen LogP contribution in [-0.4, -0.2) is 68.3 Å². The first-order valence-corrected chi connectivity index (χ1v) is 15.7. The minimum Gasteiger partial charge on any atom is -0.450 e. The van der Waals surface area contributed by atoms with E-state index < -0.39 is 27.9 Å². The summed E-state index contributed by atoms with van der Waals surface area (Å²) in [7, 11) is -3.67. The van der Waals surface area contributed by atoms with Gasteiger partial charge in [0, 0.05) is 36.6 Å². The normalized spacial score (nSPS) is 13.7. The van der Waals surface area contributed by atoms with E-state index in [1.54, 1.807) is 6.92 Å². The number of sulfonamides is 1. The summed E-state index contributed by atoms with van der Waals surface area (Å²) in [4.78, 5) is 41.6. The third-order valence-electron chi connectivity index (χ3n) is 6.32. The fourth-order valence-electron chi connectivity index (χ4n) is 4.57. The summed E-state index contributed by atoms with van der Waals surface area (Å²) < 4.78 is 32.4. The predicted molar refractivity (Wildman–Crippen MR) is 152 cm³/mol. The largest absolute Gasteiger partial charge is 0.450 e. The van der Waals surface area contributed by atoms with Crippen LogP contribution in [-0.2, 0) is 27.7 Å². The molecule has 0 atom stereocenters. The van der Waals surface area contributed by atoms with Gasteiger partial charge in [-0.15, -0.1) is 11.3 Å². The quantitative estimate of drug-likeness (QED) is 0.381. The Morgan fingerprint density at radius 2 is 1.67 bits per heavy atom. The molecule has 1 aromatic heterocycles. The molecule has 2 heterocycles. The molecule has 0 saturated carbocycles. The highest BCUT2D eigenvalue weighted by molar-refractivity contribution is 7.89. The molecule has 2 aromatic rings. The number of fused-ring (bicyclic) bond motifs is 1. The number of nitrogens with one attached hydrogen (secondary N) is 2. The van der Waals surface area contributed by atoms with Gasteiger partial charge in [0.05, 0.1) is 17.1 Å². The minimum atomic E-state index is -3.67. The van der Waals surface area contributed by atoms with Crippen LogP contribution in [0.3, 0.4) is 0 Å². The lowest BCUT2D eigenvalue weighted by atomic mass is 10.0. The number of alkyl carbamates (subject to hydrolysis) is 1. The van der Waals surface area contributed by atoms with Gasteiger partial charge >= 0.3 is 6.09 Å². The Bertz CT molecular complexity index is 1270. The van der Waals surface area contributed by atoms with Crippen molar-refractivity contribution in [1.82, 2.24) is 14.5 Å². The second-order valence-electron chi connectivity index (χ2n) is 9.29. The molecule has 3 amide bonds. The number of nitrogens with zero attached hydrogens (tertiary/aromatic N) is 2. The third-order valence-corrected chi connectivity index (χ3v) is 9.37. The zero-order valence-corrected chi connectivity index (χ0v) is 24.7. The van der Waals surface area contributed by atoms with E-state index in [0.29, 0.717) is 43.9 Å². The van der Waals surface area contributed by atoms with Crippen LogP contribution in [0.5, 0.6) is 0 Å². The average Bonchev–Trinajstić information content (AvgIpc) is 3.26. The molecule has 10 nitrogen and oxygen atoms in total. The molecule has 0 saturated heterocycles. The van der Waals surface area contributed by atoms with E-state index in [2.05, 4.69) is 22.5 Å². The standard InChI is InChI=1S/C27H38N4O6S2/c1-5-14-30-17-13-21-22(18-30)38-26(23(21)25(33)29-27(34)37-8-4)28-24(32)19-9-11-20(12-10-19)39(35,36)31(15-6-2)16-7-3/h9-12H,5-8,13-18H2,1-4H3,(H,28,32)(H,29,33,34). The van der Waals surface area contributed by atoms with Crippen LogP contribution in [0.4, 0.5) is 9.80 Å². The topological polar surface area (TPSA) is 125 Å². The number of hydrogen-bond donors (Lipinski definition) is 2. The fourth-order valence-corrected chi connectivity index (χ4v) is 7.47. The number of benzene rings is 1. The minimum absolute atomic E-state index is 0.122. The Balaban J connectivity index is 1.87. The lowest BCUT2D eigenvalue weighted by Crippen LogP contribution is -2.34. The molecule has 0 bridgehead atoms. The number of carbonyl (C=O) groups is 3. The number of ether oxygens (including phenoxy) is 1. The Morgan fingerprint density at radius 3 is 2.26 bits per heavy atom. The van der Waals surface area contributed by atoms with Crippen molar-refractivity contribution in [3.05, 3.63) is 45.8 Å². The van der Waals surface area contributed by atoms with Gasteiger partial charge in [-0.1, -0.05) is 20.8 Å². The fraction of sp³-hybridized carbons (Fsp3) is 0.519. The zero-order valence-electron chi connectivity index (χ0n) is 23.0. The van der Waals surface area contributed by atoms with E-state index in [4.69, 9.17) is 4.74 Å². The Kier molecular flexibility index (Phi) is 11.0. The summed E-state index contributed by atoms with van der Waals surface area (Å²) in [6, 6.07) is 5.79. The van der Waals surface area contributed by atoms with Crippen molar-refractivity contribution >= 4 is 44.3 Å². The molecule has 0 spiro atoms. The highest BCUT2D eigenvalue weighted by Crippen LogP contribution is 2.37. The maximum Gasteiger partial charge on any atom is 0.414 e. The summed E-state index contributed by atoms with van der Waals surface area (Å²) in [6.07, 6.45) is 2.17. The van der Waals surface area contributed by atoms with Gasteiger partial charge in [0.1, 0.15) is 5.00 Å². The summed E-state index contributed by atoms with van der Waals surface area (Å²) in [5, 5.41) is 5.42. The average molecular weight is 579 g/mol. The number of anilines is 1. The van der Waals surface area contributed by atoms with Crippen molar-refractivity contribution < 1.29 is 27.5 Å². The molecule has 1 aromatic carbocycles. The Labute approximate surface area is 234 Å². The number of imide groups is 1. The van der Waals surface area contributed by atoms with Gasteiger partial charge in [0.25, 0.3) is 11.8 Å². The van der Waals surface area contributed by atoms with E-state index in [0.717, 1.165) is 30.0 Å². The van der Waals surface area contributed by atoms with Crippen LogP contribution in [0.2, 0.25) is 0 Å². The van der Waals surface area contributed by atoms with Crippen molar-refractivity contribution in [3.8, 4) is 0 Å². The number of thiophene rings is 1. The maximum atomic E-state index is 13.2. The van der Waals surface area contributed by atoms with E-state index in [1.165, 1.54) is 39.9 Å². The molecule has 1 aliphatic heterocycles. The first-order chi connectivity index (χ1) is 18.7. The van der Waals surface area contributed by atoms with Crippen LogP contribution in [0.15, 0.2) is 29.2 Å². The molecule has 2 N–H and O–H groups in total. The molecule has 1 aliphatic rings. The van der Waals surface area contributed by atoms with Gasteiger partial charge in [0.2, 0.25) is 10.0 Å². The molecular formula is C27H38N4O6S2. The highest BCUT2D eigenvalue weighted by Gasteiger charge is 2.30. The van der Waals surface area contributed by atoms with Gasteiger partial charge in [-0.25, -0.2) is 13.2 Å². The van der Waals surface area contributed by atoms with E-state index >= 15 is 0 Å². The monoisotopic (exact) mass is 578 g/mol. The summed E-state index contributed by atoms with van der Waals surface area (Å²) >= 11 is 1.32. The van der Waals surface area contributed by atoms with Crippen molar-refractivity contribution in [2.45, 2.75) is 64.8 Å². The SMILES string of the molecule is CCCN1CCc2c(sc(NC(=O)c3ccc(S(=O)(=O)N(CCC)CCC)cc3)c2C(=O)NC(=O)OCC)C1. The zero-order chi connectivity index (χ0) is 28.6. The van der Waals surface area contributed by atoms with Crippen LogP contribution >= 0.6 is 11.3 Å². The van der Waals surface area contributed by atoms with Crippen molar-refractivity contribution in [2.24, 2.45) is 0 Å². The molecule has 0 radical (unpaired) electrons. The second kappa shape index (κ2) is 14.0. The molecule has 12 heteroatoms. The Morgan fingerprint density at radius 1 is 1.00 bits per heavy atom. The van der Waals surface area contributed by atoms with E-state index in [9.17, 15) is 22.8 Å². The first-order valence-electron chi connectivity index (χ1n) is 13.4. The van der Waals surface area contributed by atoms with Gasteiger partial charge in [-0.2, -0.15) is 4.31 Å². The van der Waals surface area contributed by atoms with E-state index in [-0.39, 0.29) is 22.6 Å². The predicted octanol–water partition coefficient (Wildman–Crippen LogP) is 4.47. The van der Waals surface area contributed by atoms with Crippen molar-refractivity contribution in [3.63, 3.8) is 0 Å². The number of rotatable bonds is 12. The number of hydrogen-bond acceptors (Lipinski definition) is 8. The molecular weight excluding hydrogens is 540 g/mol. The molecule has 0 fully saturated rings. The van der Waals surface area contributed by atoms with Crippen molar-refractivity contribution in [2.75, 3.05) is 38.1 Å². The smallest absolute Gasteiger partial charge is 0.414 e. The molecule has 0 unspecified atom stereocenters. The van der Waals surface area contributed by atoms with Crippen molar-refractivity contribution in [1.29, 1.82) is 0 Å². The third kappa shape index (κ3) is 7.44. The van der Waals surface area contributed by atoms with Crippen LogP contribution in [0.1, 0.15) is 78.1 Å². The summed E-state index contributed by atoms with van der Waals surface area (Å²) in [5.74, 6) is -1.11. The van der Waals surface area contributed by atoms with E-state index in [1.807, 2.05) is 13.8 Å². The summed E-state index contributed by atoms with van der Waals surface area (Å²) in [6.45, 7) is 10.9. The Hall–Kier alpha value is -2.80. The van der Waals surface area contributed by atoms with Crippen LogP contribution in [0, 0.1) is 0 Å². The van der Waals surface area contributed by atoms with Gasteiger partial charge in [0.15, 0.2) is 0 Å². The molecule has 0 aliphatic carbocycles. The van der Waals surface area contributed by atoms with Gasteiger partial charge in [-0.3, -0.25) is 19.8 Å². The molecule has 3 rings (SSSR count). The van der Waals surface area contributed by atoms with Gasteiger partial charge in [-0.05, 0) is 69.0 Å². The van der Waals surface area contributed by atoms with Crippen LogP contribution < -0.4 is 10.6 Å². The highest BCUT2D eigenvalue weighted by atomic mass is 32.2. The molecule has 214 valence electrons. The summed E-state index contributed by atoms with van der Waals surface area (Å²) in [5.41, 5.74) is 1.33. The molecule has 39 heavy (non-hydrogen) atoms. The number of carbonyl (C=O) groups excluding carboxylic acids is 3. The van der Waals surface area contributed by atoms with Gasteiger partial charge < -0.3 is 10.1 Å². The van der Waals surface area contributed by atoms with Crippen LogP contribution in [0.25, 0.3) is 0 Å². The lowest BCUT2D eigenvalue weighted by Gasteiger charge is -2.26. The maximum absolute atomic E-state index is 13.2. The number of amides is 3. The lowest BCUT2D eigenvalue weighted by molar-refractivity contribution is 0.0924. The second-order valence-corrected chi connectivity index (χ2v) is 12.3.